The number of aromatic nitrogens is 3. The first kappa shape index (κ1) is 12.3. The molecule has 2 N–H and O–H groups in total. The summed E-state index contributed by atoms with van der Waals surface area (Å²) in [6.45, 7) is 2.01. The third-order valence-corrected chi connectivity index (χ3v) is 3.60. The molecule has 0 atom stereocenters. The minimum atomic E-state index is 0.417. The van der Waals surface area contributed by atoms with E-state index in [-0.39, 0.29) is 0 Å². The van der Waals surface area contributed by atoms with Gasteiger partial charge in [0.15, 0.2) is 5.82 Å². The van der Waals surface area contributed by atoms with Gasteiger partial charge in [-0.2, -0.15) is 0 Å². The second-order valence-corrected chi connectivity index (χ2v) is 5.54. The molecule has 0 unspecified atom stereocenters. The molecule has 2 aromatic heterocycles. The molecule has 0 fully saturated rings. The van der Waals surface area contributed by atoms with Crippen molar-refractivity contribution < 1.29 is 0 Å². The highest BCUT2D eigenvalue weighted by Crippen LogP contribution is 2.25. The van der Waals surface area contributed by atoms with Crippen LogP contribution < -0.4 is 5.73 Å². The Morgan fingerprint density at radius 3 is 2.74 bits per heavy atom. The molecule has 0 radical (unpaired) electrons. The molecule has 0 bridgehead atoms. The van der Waals surface area contributed by atoms with Crippen molar-refractivity contribution in [3.8, 4) is 11.3 Å². The average molecular weight is 362 g/mol. The third kappa shape index (κ3) is 2.25. The van der Waals surface area contributed by atoms with E-state index < -0.39 is 0 Å². The Morgan fingerprint density at radius 1 is 1.11 bits per heavy atom. The summed E-state index contributed by atoms with van der Waals surface area (Å²) in [7, 11) is 0. The number of anilines is 1. The zero-order valence-electron chi connectivity index (χ0n) is 10.3. The lowest BCUT2D eigenvalue weighted by Gasteiger charge is -2.07. The van der Waals surface area contributed by atoms with Crippen molar-refractivity contribution in [1.82, 2.24) is 15.0 Å². The summed E-state index contributed by atoms with van der Waals surface area (Å²) < 4.78 is 1.17. The van der Waals surface area contributed by atoms with E-state index in [1.165, 1.54) is 9.90 Å². The van der Waals surface area contributed by atoms with Gasteiger partial charge >= 0.3 is 0 Å². The number of nitrogen functional groups attached to an aromatic ring is 1. The van der Waals surface area contributed by atoms with Crippen LogP contribution in [-0.4, -0.2) is 15.0 Å². The van der Waals surface area contributed by atoms with Crippen molar-refractivity contribution >= 4 is 39.4 Å². The van der Waals surface area contributed by atoms with Crippen molar-refractivity contribution in [2.24, 2.45) is 0 Å². The number of fused-ring (bicyclic) bond motifs is 1. The minimum Gasteiger partial charge on any atom is -0.382 e. The normalized spacial score (nSPS) is 10.8. The van der Waals surface area contributed by atoms with Crippen molar-refractivity contribution in [3.05, 3.63) is 45.8 Å². The number of rotatable bonds is 1. The minimum absolute atomic E-state index is 0.417. The van der Waals surface area contributed by atoms with E-state index in [4.69, 9.17) is 5.73 Å². The van der Waals surface area contributed by atoms with Crippen molar-refractivity contribution in [1.29, 1.82) is 0 Å². The fraction of sp³-hybridized carbons (Fsp3) is 0.0714. The van der Waals surface area contributed by atoms with Gasteiger partial charge in [-0.1, -0.05) is 12.1 Å². The lowest BCUT2D eigenvalue weighted by molar-refractivity contribution is 1.19. The molecule has 0 spiro atoms. The highest BCUT2D eigenvalue weighted by molar-refractivity contribution is 14.1. The molecule has 19 heavy (non-hydrogen) atoms. The van der Waals surface area contributed by atoms with E-state index in [1.807, 2.05) is 25.1 Å². The van der Waals surface area contributed by atoms with Crippen LogP contribution in [0.5, 0.6) is 0 Å². The largest absolute Gasteiger partial charge is 0.382 e. The summed E-state index contributed by atoms with van der Waals surface area (Å²) >= 11 is 2.29. The number of hydrogen-bond acceptors (Lipinski definition) is 4. The molecular weight excluding hydrogens is 351 g/mol. The maximum atomic E-state index is 5.89. The van der Waals surface area contributed by atoms with Crippen LogP contribution >= 0.6 is 22.6 Å². The molecule has 0 saturated heterocycles. The van der Waals surface area contributed by atoms with Crippen LogP contribution in [0.2, 0.25) is 0 Å². The van der Waals surface area contributed by atoms with E-state index in [0.717, 1.165) is 22.3 Å². The maximum absolute atomic E-state index is 5.89. The standard InChI is InChI=1S/C14H11IN4/c1-8-5-11(9-3-2-4-10(15)6-9)19-13-12(8)17-7-18-14(13)16/h2-7H,1H3,(H2,16,17,18). The molecule has 94 valence electrons. The molecule has 3 rings (SSSR count). The first-order valence-electron chi connectivity index (χ1n) is 5.79. The van der Waals surface area contributed by atoms with Gasteiger partial charge in [-0.25, -0.2) is 15.0 Å². The van der Waals surface area contributed by atoms with E-state index in [2.05, 4.69) is 49.7 Å². The number of halogens is 1. The van der Waals surface area contributed by atoms with Crippen LogP contribution in [0.1, 0.15) is 5.56 Å². The van der Waals surface area contributed by atoms with Crippen molar-refractivity contribution in [3.63, 3.8) is 0 Å². The maximum Gasteiger partial charge on any atom is 0.153 e. The number of benzene rings is 1. The summed E-state index contributed by atoms with van der Waals surface area (Å²) in [5, 5.41) is 0. The van der Waals surface area contributed by atoms with Gasteiger partial charge in [0, 0.05) is 9.13 Å². The summed E-state index contributed by atoms with van der Waals surface area (Å²) in [5.41, 5.74) is 10.4. The fourth-order valence-electron chi connectivity index (χ4n) is 2.01. The van der Waals surface area contributed by atoms with E-state index in [0.29, 0.717) is 11.3 Å². The summed E-state index contributed by atoms with van der Waals surface area (Å²) in [5.74, 6) is 0.417. The van der Waals surface area contributed by atoms with Gasteiger partial charge in [0.2, 0.25) is 0 Å². The lowest BCUT2D eigenvalue weighted by atomic mass is 10.1. The smallest absolute Gasteiger partial charge is 0.153 e. The molecule has 0 aliphatic carbocycles. The summed E-state index contributed by atoms with van der Waals surface area (Å²) in [6, 6.07) is 10.2. The van der Waals surface area contributed by atoms with Crippen LogP contribution in [0.3, 0.4) is 0 Å². The van der Waals surface area contributed by atoms with E-state index in [1.54, 1.807) is 0 Å². The zero-order valence-corrected chi connectivity index (χ0v) is 12.4. The summed E-state index contributed by atoms with van der Waals surface area (Å²) in [4.78, 5) is 12.8. The molecule has 0 aliphatic rings. The van der Waals surface area contributed by atoms with Gasteiger partial charge < -0.3 is 5.73 Å². The van der Waals surface area contributed by atoms with Gasteiger partial charge in [-0.3, -0.25) is 0 Å². The lowest BCUT2D eigenvalue weighted by Crippen LogP contribution is -1.98. The van der Waals surface area contributed by atoms with E-state index in [9.17, 15) is 0 Å². The molecule has 0 aliphatic heterocycles. The third-order valence-electron chi connectivity index (χ3n) is 2.93. The second-order valence-electron chi connectivity index (χ2n) is 4.29. The van der Waals surface area contributed by atoms with Gasteiger partial charge in [-0.05, 0) is 53.3 Å². The monoisotopic (exact) mass is 362 g/mol. The first-order chi connectivity index (χ1) is 9.15. The van der Waals surface area contributed by atoms with Crippen LogP contribution in [0, 0.1) is 10.5 Å². The molecule has 0 saturated carbocycles. The number of aryl methyl sites for hydroxylation is 1. The number of hydrogen-bond donors (Lipinski definition) is 1. The molecule has 2 heterocycles. The van der Waals surface area contributed by atoms with Gasteiger partial charge in [-0.15, -0.1) is 0 Å². The second kappa shape index (κ2) is 4.73. The number of pyridine rings is 1. The van der Waals surface area contributed by atoms with Gasteiger partial charge in [0.1, 0.15) is 11.8 Å². The first-order valence-corrected chi connectivity index (χ1v) is 6.87. The Hall–Kier alpha value is -1.76. The van der Waals surface area contributed by atoms with Crippen molar-refractivity contribution in [2.75, 3.05) is 5.73 Å². The number of nitrogens with two attached hydrogens (primary N) is 1. The Morgan fingerprint density at radius 2 is 1.95 bits per heavy atom. The zero-order chi connectivity index (χ0) is 13.4. The Balaban J connectivity index is 2.29. The Bertz CT molecular complexity index is 770. The molecule has 5 heteroatoms. The van der Waals surface area contributed by atoms with Crippen LogP contribution in [0.4, 0.5) is 5.82 Å². The molecular formula is C14H11IN4. The average Bonchev–Trinajstić information content (AvgIpc) is 2.40. The van der Waals surface area contributed by atoms with Crippen molar-refractivity contribution in [2.45, 2.75) is 6.92 Å². The summed E-state index contributed by atoms with van der Waals surface area (Å²) in [6.07, 6.45) is 1.47. The highest BCUT2D eigenvalue weighted by atomic mass is 127. The predicted octanol–water partition coefficient (Wildman–Crippen LogP) is 3.19. The quantitative estimate of drug-likeness (QED) is 0.676. The van der Waals surface area contributed by atoms with Gasteiger partial charge in [0.05, 0.1) is 11.2 Å². The molecule has 1 aromatic carbocycles. The van der Waals surface area contributed by atoms with Crippen LogP contribution in [-0.2, 0) is 0 Å². The molecule has 0 amide bonds. The molecule has 3 aromatic rings. The SMILES string of the molecule is Cc1cc(-c2cccc(I)c2)nc2c(N)ncnc12. The Labute approximate surface area is 124 Å². The Kier molecular flexibility index (Phi) is 3.06. The fourth-order valence-corrected chi connectivity index (χ4v) is 2.56. The van der Waals surface area contributed by atoms with Crippen LogP contribution in [0.25, 0.3) is 22.3 Å². The van der Waals surface area contributed by atoms with E-state index >= 15 is 0 Å². The topological polar surface area (TPSA) is 64.7 Å². The van der Waals surface area contributed by atoms with Crippen LogP contribution in [0.15, 0.2) is 36.7 Å². The molecule has 4 nitrogen and oxygen atoms in total. The predicted molar refractivity (Wildman–Crippen MR) is 84.6 cm³/mol. The van der Waals surface area contributed by atoms with Gasteiger partial charge in [0.25, 0.3) is 0 Å². The highest BCUT2D eigenvalue weighted by Gasteiger charge is 2.09. The number of nitrogens with zero attached hydrogens (tertiary/aromatic N) is 3.